The quantitative estimate of drug-likeness (QED) is 0.298. The molecule has 0 heterocycles. The predicted molar refractivity (Wildman–Crippen MR) is 124 cm³/mol. The maximum Gasteiger partial charge on any atom is 0.320 e. The molecule has 0 spiro atoms. The number of hydrogen-bond acceptors (Lipinski definition) is 3. The Morgan fingerprint density at radius 2 is 1.55 bits per heavy atom. The lowest BCUT2D eigenvalue weighted by Gasteiger charge is -2.18. The number of alkyl halides is 2. The van der Waals surface area contributed by atoms with Crippen molar-refractivity contribution < 1.29 is 14.3 Å². The first kappa shape index (κ1) is 21.7. The van der Waals surface area contributed by atoms with Crippen LogP contribution >= 0.6 is 23.2 Å². The molecule has 1 fully saturated rings. The standard InChI is InChI=1S/C26H24Cl2O3/c1-2-30-23-13-11-22(12-14-23)25(18-26(25,27)28)24(29)31-17-21-10-6-9-20(16-21)15-19-7-4-3-5-8-19/h3-14,16H,2,15,17-18H2,1H3. The molecule has 1 saturated carbocycles. The van der Waals surface area contributed by atoms with Gasteiger partial charge in [-0.15, -0.1) is 0 Å². The third-order valence-electron chi connectivity index (χ3n) is 5.61. The minimum absolute atomic E-state index is 0.171. The Balaban J connectivity index is 1.45. The van der Waals surface area contributed by atoms with Crippen LogP contribution in [0.3, 0.4) is 0 Å². The van der Waals surface area contributed by atoms with Gasteiger partial charge >= 0.3 is 5.97 Å². The Hall–Kier alpha value is -2.49. The van der Waals surface area contributed by atoms with E-state index in [1.165, 1.54) is 5.56 Å². The van der Waals surface area contributed by atoms with Crippen molar-refractivity contribution in [3.05, 3.63) is 101 Å². The third-order valence-corrected chi connectivity index (χ3v) is 6.52. The molecule has 0 aromatic heterocycles. The van der Waals surface area contributed by atoms with E-state index >= 15 is 0 Å². The van der Waals surface area contributed by atoms with Gasteiger partial charge in [0, 0.05) is 6.42 Å². The first-order valence-electron chi connectivity index (χ1n) is 10.3. The van der Waals surface area contributed by atoms with Crippen LogP contribution in [-0.4, -0.2) is 16.9 Å². The first-order valence-corrected chi connectivity index (χ1v) is 11.1. The molecule has 0 radical (unpaired) electrons. The number of ether oxygens (including phenoxy) is 2. The molecule has 31 heavy (non-hydrogen) atoms. The van der Waals surface area contributed by atoms with Crippen molar-refractivity contribution in [3.63, 3.8) is 0 Å². The van der Waals surface area contributed by atoms with Gasteiger partial charge in [-0.05, 0) is 47.7 Å². The maximum absolute atomic E-state index is 13.1. The van der Waals surface area contributed by atoms with Crippen molar-refractivity contribution >= 4 is 29.2 Å². The SMILES string of the molecule is CCOc1ccc(C2(C(=O)OCc3cccc(Cc4ccccc4)c3)CC2(Cl)Cl)cc1. The molecular weight excluding hydrogens is 431 g/mol. The molecular formula is C26H24Cl2O3. The van der Waals surface area contributed by atoms with Crippen LogP contribution in [0.2, 0.25) is 0 Å². The van der Waals surface area contributed by atoms with Gasteiger partial charge < -0.3 is 9.47 Å². The van der Waals surface area contributed by atoms with Crippen molar-refractivity contribution in [2.24, 2.45) is 0 Å². The molecule has 160 valence electrons. The van der Waals surface area contributed by atoms with E-state index in [4.69, 9.17) is 32.7 Å². The fraction of sp³-hybridized carbons (Fsp3) is 0.269. The van der Waals surface area contributed by atoms with E-state index in [0.29, 0.717) is 13.0 Å². The molecule has 1 unspecified atom stereocenters. The second-order valence-corrected chi connectivity index (χ2v) is 9.29. The monoisotopic (exact) mass is 454 g/mol. The fourth-order valence-corrected chi connectivity index (χ4v) is 4.65. The topological polar surface area (TPSA) is 35.5 Å². The largest absolute Gasteiger partial charge is 0.494 e. The lowest BCUT2D eigenvalue weighted by Crippen LogP contribution is -2.28. The maximum atomic E-state index is 13.1. The molecule has 3 nitrogen and oxygen atoms in total. The van der Waals surface area contributed by atoms with Gasteiger partial charge in [-0.2, -0.15) is 0 Å². The number of hydrogen-bond donors (Lipinski definition) is 0. The van der Waals surface area contributed by atoms with Gasteiger partial charge in [0.15, 0.2) is 0 Å². The Bertz CT molecular complexity index is 1050. The van der Waals surface area contributed by atoms with Crippen LogP contribution in [0.15, 0.2) is 78.9 Å². The van der Waals surface area contributed by atoms with Crippen LogP contribution in [0, 0.1) is 0 Å². The molecule has 3 aromatic rings. The molecule has 3 aromatic carbocycles. The molecule has 4 rings (SSSR count). The molecule has 1 aliphatic carbocycles. The van der Waals surface area contributed by atoms with Crippen LogP contribution in [0.4, 0.5) is 0 Å². The van der Waals surface area contributed by atoms with Crippen LogP contribution in [0.5, 0.6) is 5.75 Å². The van der Waals surface area contributed by atoms with Crippen LogP contribution in [0.1, 0.15) is 35.6 Å². The lowest BCUT2D eigenvalue weighted by atomic mass is 9.96. The summed E-state index contributed by atoms with van der Waals surface area (Å²) in [5.74, 6) is 0.329. The summed E-state index contributed by atoms with van der Waals surface area (Å²) in [6.45, 7) is 2.67. The number of carbonyl (C=O) groups is 1. The summed E-state index contributed by atoms with van der Waals surface area (Å²) in [4.78, 5) is 13.1. The summed E-state index contributed by atoms with van der Waals surface area (Å²) in [5, 5.41) is 0. The van der Waals surface area contributed by atoms with E-state index in [0.717, 1.165) is 28.9 Å². The van der Waals surface area contributed by atoms with Crippen molar-refractivity contribution in [3.8, 4) is 5.75 Å². The molecule has 5 heteroatoms. The number of rotatable bonds is 8. The minimum atomic E-state index is -1.17. The van der Waals surface area contributed by atoms with E-state index in [1.807, 2.05) is 61.5 Å². The number of benzene rings is 3. The zero-order chi connectivity index (χ0) is 21.9. The van der Waals surface area contributed by atoms with Crippen LogP contribution in [-0.2, 0) is 28.0 Å². The molecule has 0 bridgehead atoms. The summed E-state index contributed by atoms with van der Waals surface area (Å²) < 4.78 is 10.00. The second kappa shape index (κ2) is 8.94. The molecule has 1 aliphatic rings. The van der Waals surface area contributed by atoms with Crippen LogP contribution in [0.25, 0.3) is 0 Å². The zero-order valence-electron chi connectivity index (χ0n) is 17.3. The molecule has 0 saturated heterocycles. The van der Waals surface area contributed by atoms with Crippen LogP contribution < -0.4 is 4.74 Å². The summed E-state index contributed by atoms with van der Waals surface area (Å²) in [7, 11) is 0. The van der Waals surface area contributed by atoms with E-state index in [-0.39, 0.29) is 6.61 Å². The normalized spacial score (nSPS) is 18.9. The lowest BCUT2D eigenvalue weighted by molar-refractivity contribution is -0.148. The van der Waals surface area contributed by atoms with Gasteiger partial charge in [0.1, 0.15) is 22.1 Å². The summed E-state index contributed by atoms with van der Waals surface area (Å²) in [5.41, 5.74) is 3.01. The van der Waals surface area contributed by atoms with E-state index < -0.39 is 15.7 Å². The average molecular weight is 455 g/mol. The third kappa shape index (κ3) is 4.58. The second-order valence-electron chi connectivity index (χ2n) is 7.80. The van der Waals surface area contributed by atoms with Crippen molar-refractivity contribution in [1.82, 2.24) is 0 Å². The Morgan fingerprint density at radius 1 is 0.903 bits per heavy atom. The van der Waals surface area contributed by atoms with Gasteiger partial charge in [0.2, 0.25) is 0 Å². The van der Waals surface area contributed by atoms with Gasteiger partial charge in [0.25, 0.3) is 0 Å². The van der Waals surface area contributed by atoms with E-state index in [9.17, 15) is 4.79 Å². The van der Waals surface area contributed by atoms with Gasteiger partial charge in [-0.1, -0.05) is 89.9 Å². The Labute approximate surface area is 192 Å². The predicted octanol–water partition coefficient (Wildman–Crippen LogP) is 6.23. The molecule has 0 N–H and O–H groups in total. The summed E-state index contributed by atoms with van der Waals surface area (Å²) >= 11 is 12.8. The average Bonchev–Trinajstić information content (AvgIpc) is 3.37. The van der Waals surface area contributed by atoms with Gasteiger partial charge in [-0.3, -0.25) is 4.79 Å². The highest BCUT2D eigenvalue weighted by Gasteiger charge is 2.73. The Morgan fingerprint density at radius 3 is 2.19 bits per heavy atom. The van der Waals surface area contributed by atoms with Crippen molar-refractivity contribution in [2.75, 3.05) is 6.61 Å². The highest BCUT2D eigenvalue weighted by atomic mass is 35.5. The highest BCUT2D eigenvalue weighted by Crippen LogP contribution is 2.65. The number of halogens is 2. The van der Waals surface area contributed by atoms with Crippen molar-refractivity contribution in [1.29, 1.82) is 0 Å². The Kier molecular flexibility index (Phi) is 6.27. The molecule has 0 amide bonds. The first-order chi connectivity index (χ1) is 14.9. The minimum Gasteiger partial charge on any atom is -0.494 e. The van der Waals surface area contributed by atoms with E-state index in [2.05, 4.69) is 24.3 Å². The number of esters is 1. The fourth-order valence-electron chi connectivity index (χ4n) is 3.88. The van der Waals surface area contributed by atoms with Gasteiger partial charge in [-0.25, -0.2) is 0 Å². The number of carbonyl (C=O) groups excluding carboxylic acids is 1. The van der Waals surface area contributed by atoms with E-state index in [1.54, 1.807) is 0 Å². The summed E-state index contributed by atoms with van der Waals surface area (Å²) in [6.07, 6.45) is 1.15. The zero-order valence-corrected chi connectivity index (χ0v) is 18.8. The highest BCUT2D eigenvalue weighted by molar-refractivity contribution is 6.54. The summed E-state index contributed by atoms with van der Waals surface area (Å²) in [6, 6.07) is 25.6. The molecule has 1 atom stereocenters. The van der Waals surface area contributed by atoms with Crippen molar-refractivity contribution in [2.45, 2.75) is 36.1 Å². The molecule has 0 aliphatic heterocycles. The van der Waals surface area contributed by atoms with Gasteiger partial charge in [0.05, 0.1) is 6.61 Å². The smallest absolute Gasteiger partial charge is 0.320 e.